The zero-order chi connectivity index (χ0) is 18.0. The molecule has 2 N–H and O–H groups in total. The van der Waals surface area contributed by atoms with Gasteiger partial charge in [0.1, 0.15) is 5.41 Å². The summed E-state index contributed by atoms with van der Waals surface area (Å²) in [5.74, 6) is -0.658. The molecule has 3 rings (SSSR count). The van der Waals surface area contributed by atoms with E-state index in [0.717, 1.165) is 10.0 Å². The van der Waals surface area contributed by atoms with E-state index in [1.165, 1.54) is 0 Å². The van der Waals surface area contributed by atoms with Gasteiger partial charge in [-0.1, -0.05) is 12.1 Å². The van der Waals surface area contributed by atoms with Gasteiger partial charge in [-0.05, 0) is 71.6 Å². The van der Waals surface area contributed by atoms with E-state index in [2.05, 4.69) is 26.6 Å². The van der Waals surface area contributed by atoms with Crippen LogP contribution in [-0.4, -0.2) is 11.8 Å². The van der Waals surface area contributed by atoms with Crippen LogP contribution in [0.25, 0.3) is 0 Å². The number of hydrogen-bond acceptors (Lipinski definition) is 3. The third-order valence-electron chi connectivity index (χ3n) is 4.24. The minimum atomic E-state index is -1.05. The third-order valence-corrected chi connectivity index (χ3v) is 4.90. The number of hydrogen-bond donors (Lipinski definition) is 2. The van der Waals surface area contributed by atoms with Gasteiger partial charge in [0.05, 0.1) is 17.3 Å². The van der Waals surface area contributed by atoms with Gasteiger partial charge >= 0.3 is 0 Å². The van der Waals surface area contributed by atoms with Crippen molar-refractivity contribution < 1.29 is 9.59 Å². The van der Waals surface area contributed by atoms with Gasteiger partial charge in [-0.15, -0.1) is 0 Å². The highest BCUT2D eigenvalue weighted by molar-refractivity contribution is 9.10. The predicted octanol–water partition coefficient (Wildman–Crippen LogP) is 3.99. The van der Waals surface area contributed by atoms with Gasteiger partial charge in [-0.25, -0.2) is 0 Å². The second-order valence-electron chi connectivity index (χ2n) is 6.17. The summed E-state index contributed by atoms with van der Waals surface area (Å²) in [5, 5.41) is 14.5. The highest BCUT2D eigenvalue weighted by atomic mass is 79.9. The lowest BCUT2D eigenvalue weighted by atomic mass is 10.0. The summed E-state index contributed by atoms with van der Waals surface area (Å²) < 4.78 is 0.777. The third kappa shape index (κ3) is 3.57. The molecule has 0 atom stereocenters. The first-order valence-corrected chi connectivity index (χ1v) is 8.63. The van der Waals surface area contributed by atoms with Crippen molar-refractivity contribution in [3.05, 3.63) is 58.1 Å². The van der Waals surface area contributed by atoms with Crippen molar-refractivity contribution in [2.24, 2.45) is 5.41 Å². The van der Waals surface area contributed by atoms with Crippen molar-refractivity contribution in [3.8, 4) is 6.07 Å². The number of aryl methyl sites for hydroxylation is 1. The smallest absolute Gasteiger partial charge is 0.240 e. The average Bonchev–Trinajstić information content (AvgIpc) is 3.39. The maximum atomic E-state index is 12.6. The van der Waals surface area contributed by atoms with Crippen molar-refractivity contribution in [1.29, 1.82) is 5.26 Å². The van der Waals surface area contributed by atoms with Crippen molar-refractivity contribution in [2.75, 3.05) is 10.6 Å². The molecule has 126 valence electrons. The summed E-state index contributed by atoms with van der Waals surface area (Å²) in [6, 6.07) is 14.3. The number of nitriles is 1. The van der Waals surface area contributed by atoms with Gasteiger partial charge < -0.3 is 10.6 Å². The number of nitrogens with one attached hydrogen (secondary N) is 2. The van der Waals surface area contributed by atoms with E-state index < -0.39 is 5.41 Å². The molecule has 0 radical (unpaired) electrons. The molecule has 1 aliphatic carbocycles. The number of halogens is 1. The minimum Gasteiger partial charge on any atom is -0.325 e. The standard InChI is InChI=1S/C19H16BrN3O2/c1-12-5-6-16(15(20)9-12)23-18(25)19(7-8-19)17(24)22-14-4-2-3-13(10-14)11-21/h2-6,9-10H,7-8H2,1H3,(H,22,24)(H,23,25). The predicted molar refractivity (Wildman–Crippen MR) is 99.0 cm³/mol. The summed E-state index contributed by atoms with van der Waals surface area (Å²) in [6.45, 7) is 1.96. The van der Waals surface area contributed by atoms with Gasteiger partial charge in [-0.3, -0.25) is 9.59 Å². The van der Waals surface area contributed by atoms with E-state index in [1.807, 2.05) is 31.2 Å². The lowest BCUT2D eigenvalue weighted by Gasteiger charge is -2.16. The molecule has 0 saturated heterocycles. The number of nitrogens with zero attached hydrogens (tertiary/aromatic N) is 1. The molecule has 5 nitrogen and oxygen atoms in total. The van der Waals surface area contributed by atoms with Gasteiger partial charge in [0.25, 0.3) is 0 Å². The second-order valence-corrected chi connectivity index (χ2v) is 7.02. The molecule has 25 heavy (non-hydrogen) atoms. The molecular weight excluding hydrogens is 382 g/mol. The number of rotatable bonds is 4. The summed E-state index contributed by atoms with van der Waals surface area (Å²) >= 11 is 3.42. The molecule has 0 heterocycles. The molecule has 2 amide bonds. The first kappa shape index (κ1) is 17.2. The lowest BCUT2D eigenvalue weighted by molar-refractivity contribution is -0.131. The average molecular weight is 398 g/mol. The molecule has 2 aromatic carbocycles. The normalized spacial score (nSPS) is 14.3. The van der Waals surface area contributed by atoms with Crippen LogP contribution < -0.4 is 10.6 Å². The fraction of sp³-hybridized carbons (Fsp3) is 0.211. The van der Waals surface area contributed by atoms with E-state index in [4.69, 9.17) is 5.26 Å². The zero-order valence-electron chi connectivity index (χ0n) is 13.6. The quantitative estimate of drug-likeness (QED) is 0.765. The fourth-order valence-corrected chi connectivity index (χ4v) is 3.16. The van der Waals surface area contributed by atoms with Crippen LogP contribution in [0.4, 0.5) is 11.4 Å². The Morgan fingerprint density at radius 1 is 1.12 bits per heavy atom. The molecule has 0 spiro atoms. The fourth-order valence-electron chi connectivity index (χ4n) is 2.56. The van der Waals surface area contributed by atoms with Gasteiger partial charge in [-0.2, -0.15) is 5.26 Å². The maximum absolute atomic E-state index is 12.6. The van der Waals surface area contributed by atoms with Crippen molar-refractivity contribution in [2.45, 2.75) is 19.8 Å². The molecule has 0 aliphatic heterocycles. The number of amides is 2. The summed E-state index contributed by atoms with van der Waals surface area (Å²) in [4.78, 5) is 25.2. The number of anilines is 2. The van der Waals surface area contributed by atoms with Crippen molar-refractivity contribution >= 4 is 39.1 Å². The van der Waals surface area contributed by atoms with E-state index in [1.54, 1.807) is 24.3 Å². The molecule has 1 fully saturated rings. The molecule has 0 aromatic heterocycles. The van der Waals surface area contributed by atoms with E-state index >= 15 is 0 Å². The zero-order valence-corrected chi connectivity index (χ0v) is 15.2. The van der Waals surface area contributed by atoms with Crippen LogP contribution in [0, 0.1) is 23.7 Å². The van der Waals surface area contributed by atoms with Gasteiger partial charge in [0.2, 0.25) is 11.8 Å². The Morgan fingerprint density at radius 3 is 2.48 bits per heavy atom. The highest BCUT2D eigenvalue weighted by Crippen LogP contribution is 2.47. The minimum absolute atomic E-state index is 0.314. The first-order valence-electron chi connectivity index (χ1n) is 7.84. The molecule has 2 aromatic rings. The second kappa shape index (κ2) is 6.69. The van der Waals surface area contributed by atoms with Crippen LogP contribution in [0.3, 0.4) is 0 Å². The Balaban J connectivity index is 1.73. The molecule has 6 heteroatoms. The molecule has 0 bridgehead atoms. The van der Waals surface area contributed by atoms with Gasteiger partial charge in [0, 0.05) is 10.2 Å². The Kier molecular flexibility index (Phi) is 4.60. The highest BCUT2D eigenvalue weighted by Gasteiger charge is 2.56. The molecule has 1 saturated carbocycles. The monoisotopic (exact) mass is 397 g/mol. The Labute approximate surface area is 154 Å². The van der Waals surface area contributed by atoms with Crippen LogP contribution in [0.5, 0.6) is 0 Å². The van der Waals surface area contributed by atoms with Crippen molar-refractivity contribution in [1.82, 2.24) is 0 Å². The number of carbonyl (C=O) groups is 2. The maximum Gasteiger partial charge on any atom is 0.240 e. The largest absolute Gasteiger partial charge is 0.325 e. The molecule has 0 unspecified atom stereocenters. The van der Waals surface area contributed by atoms with Crippen molar-refractivity contribution in [3.63, 3.8) is 0 Å². The number of benzene rings is 2. The van der Waals surface area contributed by atoms with Crippen LogP contribution >= 0.6 is 15.9 Å². The van der Waals surface area contributed by atoms with Crippen LogP contribution in [-0.2, 0) is 9.59 Å². The number of carbonyl (C=O) groups excluding carboxylic acids is 2. The van der Waals surface area contributed by atoms with E-state index in [-0.39, 0.29) is 11.8 Å². The Hall–Kier alpha value is -2.65. The first-order chi connectivity index (χ1) is 11.9. The van der Waals surface area contributed by atoms with Crippen LogP contribution in [0.2, 0.25) is 0 Å². The van der Waals surface area contributed by atoms with E-state index in [0.29, 0.717) is 29.8 Å². The summed E-state index contributed by atoms with van der Waals surface area (Å²) in [6.07, 6.45) is 1.01. The SMILES string of the molecule is Cc1ccc(NC(=O)C2(C(=O)Nc3cccc(C#N)c3)CC2)c(Br)c1. The summed E-state index contributed by atoms with van der Waals surface area (Å²) in [5.41, 5.74) is 1.63. The summed E-state index contributed by atoms with van der Waals surface area (Å²) in [7, 11) is 0. The topological polar surface area (TPSA) is 82.0 Å². The van der Waals surface area contributed by atoms with Crippen LogP contribution in [0.1, 0.15) is 24.0 Å². The van der Waals surface area contributed by atoms with Gasteiger partial charge in [0.15, 0.2) is 0 Å². The van der Waals surface area contributed by atoms with E-state index in [9.17, 15) is 9.59 Å². The molecular formula is C19H16BrN3O2. The lowest BCUT2D eigenvalue weighted by Crippen LogP contribution is -2.35. The Bertz CT molecular complexity index is 898. The van der Waals surface area contributed by atoms with Crippen LogP contribution in [0.15, 0.2) is 46.9 Å². The molecule has 1 aliphatic rings. The Morgan fingerprint density at radius 2 is 1.84 bits per heavy atom.